The number of carboxylic acids is 1. The molecule has 2 N–H and O–H groups in total. The van der Waals surface area contributed by atoms with Crippen molar-refractivity contribution in [1.82, 2.24) is 0 Å². The average Bonchev–Trinajstić information content (AvgIpc) is 2.54. The number of aliphatic carboxylic acids is 1. The second-order valence-electron chi connectivity index (χ2n) is 6.22. The largest absolute Gasteiger partial charge is 0.479 e. The Morgan fingerprint density at radius 2 is 1.88 bits per heavy atom. The minimum Gasteiger partial charge on any atom is -0.479 e. The van der Waals surface area contributed by atoms with Crippen molar-refractivity contribution in [1.29, 1.82) is 0 Å². The summed E-state index contributed by atoms with van der Waals surface area (Å²) >= 11 is 1.52. The van der Waals surface area contributed by atoms with Gasteiger partial charge in [0.1, 0.15) is 0 Å². The summed E-state index contributed by atoms with van der Waals surface area (Å²) in [5, 5.41) is 22.3. The Morgan fingerprint density at radius 3 is 2.46 bits per heavy atom. The first kappa shape index (κ1) is 18.9. The molecule has 0 heterocycles. The number of hydrogen-bond donors (Lipinski definition) is 2. The van der Waals surface area contributed by atoms with Crippen LogP contribution in [0.25, 0.3) is 10.8 Å². The maximum Gasteiger partial charge on any atom is 0.340 e. The summed E-state index contributed by atoms with van der Waals surface area (Å²) in [4.78, 5) is 12.6. The van der Waals surface area contributed by atoms with Crippen molar-refractivity contribution in [3.8, 4) is 0 Å². The number of fused-ring (bicyclic) bond motifs is 1. The predicted octanol–water partition coefficient (Wildman–Crippen LogP) is 4.04. The van der Waals surface area contributed by atoms with E-state index in [1.165, 1.54) is 11.8 Å². The molecule has 0 amide bonds. The maximum atomic E-state index is 11.5. The van der Waals surface area contributed by atoms with Gasteiger partial charge in [0.2, 0.25) is 5.60 Å². The van der Waals surface area contributed by atoms with Gasteiger partial charge in [-0.1, -0.05) is 48.7 Å². The summed E-state index contributed by atoms with van der Waals surface area (Å²) in [5.74, 6) is -1.39. The van der Waals surface area contributed by atoms with Gasteiger partial charge in [0.25, 0.3) is 0 Å². The van der Waals surface area contributed by atoms with Gasteiger partial charge in [-0.3, -0.25) is 0 Å². The monoisotopic (exact) mass is 365 g/mol. The second-order valence-corrected chi connectivity index (χ2v) is 7.96. The van der Waals surface area contributed by atoms with Gasteiger partial charge >= 0.3 is 14.4 Å². The van der Waals surface area contributed by atoms with Gasteiger partial charge in [0.05, 0.1) is 0 Å². The molecule has 4 nitrogen and oxygen atoms in total. The molecule has 0 aromatic heterocycles. The van der Waals surface area contributed by atoms with Crippen LogP contribution in [-0.2, 0) is 9.36 Å². The van der Waals surface area contributed by atoms with Crippen LogP contribution in [-0.4, -0.2) is 33.7 Å². The van der Waals surface area contributed by atoms with Gasteiger partial charge in [-0.05, 0) is 28.8 Å². The van der Waals surface area contributed by atoms with E-state index in [0.29, 0.717) is 5.75 Å². The summed E-state index contributed by atoms with van der Waals surface area (Å²) in [6.07, 6.45) is -0.247. The molecule has 0 bridgehead atoms. The van der Waals surface area contributed by atoms with E-state index < -0.39 is 25.9 Å². The summed E-state index contributed by atoms with van der Waals surface area (Å²) in [5.41, 5.74) is -1.96. The molecule has 0 saturated carbocycles. The van der Waals surface area contributed by atoms with Crippen LogP contribution in [0.2, 0.25) is 0 Å². The van der Waals surface area contributed by atoms with E-state index >= 15 is 0 Å². The Hall–Kier alpha value is -1.42. The number of rotatable bonds is 8. The molecule has 0 radical (unpaired) electrons. The number of carboxylic acid groups (broad SMARTS) is 1. The van der Waals surface area contributed by atoms with Crippen LogP contribution in [0.4, 0.5) is 0 Å². The van der Waals surface area contributed by atoms with Crippen molar-refractivity contribution < 1.29 is 19.6 Å². The Balaban J connectivity index is 2.20. The minimum atomic E-state index is -1.96. The summed E-state index contributed by atoms with van der Waals surface area (Å²) in [7, 11) is -0.845. The van der Waals surface area contributed by atoms with Crippen LogP contribution < -0.4 is 0 Å². The highest BCUT2D eigenvalue weighted by molar-refractivity contribution is 7.99. The molecular formula is C18H22O4PS+. The third-order valence-corrected chi connectivity index (χ3v) is 6.08. The fraction of sp³-hybridized carbons (Fsp3) is 0.389. The van der Waals surface area contributed by atoms with E-state index in [9.17, 15) is 19.6 Å². The lowest BCUT2D eigenvalue weighted by molar-refractivity contribution is -0.162. The molecule has 0 fully saturated rings. The average molecular weight is 365 g/mol. The number of benzene rings is 2. The molecular weight excluding hydrogens is 343 g/mol. The highest BCUT2D eigenvalue weighted by atomic mass is 32.2. The Morgan fingerprint density at radius 1 is 1.21 bits per heavy atom. The molecule has 3 unspecified atom stereocenters. The van der Waals surface area contributed by atoms with Crippen molar-refractivity contribution in [2.24, 2.45) is 11.8 Å². The highest BCUT2D eigenvalue weighted by Crippen LogP contribution is 2.34. The lowest BCUT2D eigenvalue weighted by Crippen LogP contribution is -2.50. The van der Waals surface area contributed by atoms with E-state index in [4.69, 9.17) is 0 Å². The number of carbonyl (C=O) groups is 1. The lowest BCUT2D eigenvalue weighted by Gasteiger charge is -2.31. The van der Waals surface area contributed by atoms with Crippen molar-refractivity contribution >= 4 is 37.0 Å². The molecule has 0 aliphatic heterocycles. The van der Waals surface area contributed by atoms with Gasteiger partial charge < -0.3 is 10.2 Å². The van der Waals surface area contributed by atoms with Crippen LogP contribution in [0.3, 0.4) is 0 Å². The smallest absolute Gasteiger partial charge is 0.340 e. The summed E-state index contributed by atoms with van der Waals surface area (Å²) in [6.45, 7) is 3.76. The van der Waals surface area contributed by atoms with Gasteiger partial charge in [-0.25, -0.2) is 4.79 Å². The maximum absolute atomic E-state index is 11.5. The standard InChI is InChI=1S/C18H21O4PS/c1-12(2)16(18(21,11-23-22)17(19)20)10-24-15-8-7-13-5-3-4-6-14(13)9-15/h3-9,12,16,21H,10-11H2,1-2H3,(H,19,20)/p+1. The predicted molar refractivity (Wildman–Crippen MR) is 99.5 cm³/mol. The summed E-state index contributed by atoms with van der Waals surface area (Å²) < 4.78 is 11.0. The van der Waals surface area contributed by atoms with Crippen molar-refractivity contribution in [2.75, 3.05) is 11.9 Å². The topological polar surface area (TPSA) is 74.6 Å². The molecule has 6 heteroatoms. The van der Waals surface area contributed by atoms with Crippen LogP contribution >= 0.6 is 20.2 Å². The highest BCUT2D eigenvalue weighted by Gasteiger charge is 2.48. The van der Waals surface area contributed by atoms with Crippen molar-refractivity contribution in [2.45, 2.75) is 24.3 Å². The Bertz CT molecular complexity index is 734. The van der Waals surface area contributed by atoms with Crippen LogP contribution in [0, 0.1) is 11.8 Å². The molecule has 0 aliphatic rings. The van der Waals surface area contributed by atoms with Gasteiger partial charge in [0, 0.05) is 16.6 Å². The Kier molecular flexibility index (Phi) is 6.39. The van der Waals surface area contributed by atoms with Crippen LogP contribution in [0.1, 0.15) is 13.8 Å². The first-order chi connectivity index (χ1) is 11.4. The Labute approximate surface area is 147 Å². The molecule has 2 aromatic rings. The van der Waals surface area contributed by atoms with E-state index in [2.05, 4.69) is 6.07 Å². The SMILES string of the molecule is CC(C)C(CSc1ccc2ccccc2c1)C(O)(C[PH+]=O)C(=O)O. The lowest BCUT2D eigenvalue weighted by atomic mass is 9.82. The van der Waals surface area contributed by atoms with Gasteiger partial charge in [-0.2, -0.15) is 0 Å². The van der Waals surface area contributed by atoms with E-state index in [1.807, 2.05) is 50.2 Å². The van der Waals surface area contributed by atoms with Crippen molar-refractivity contribution in [3.05, 3.63) is 42.5 Å². The van der Waals surface area contributed by atoms with Gasteiger partial charge in [0.15, 0.2) is 6.16 Å². The normalized spacial score (nSPS) is 15.5. The quantitative estimate of drug-likeness (QED) is 0.545. The summed E-state index contributed by atoms with van der Waals surface area (Å²) in [6, 6.07) is 14.1. The zero-order valence-corrected chi connectivity index (χ0v) is 15.5. The van der Waals surface area contributed by atoms with E-state index in [-0.39, 0.29) is 12.1 Å². The first-order valence-electron chi connectivity index (χ1n) is 7.81. The molecule has 2 rings (SSSR count). The van der Waals surface area contributed by atoms with Crippen molar-refractivity contribution in [3.63, 3.8) is 0 Å². The second kappa shape index (κ2) is 8.11. The fourth-order valence-electron chi connectivity index (χ4n) is 2.80. The number of thioether (sulfide) groups is 1. The van der Waals surface area contributed by atoms with Gasteiger partial charge in [-0.15, -0.1) is 11.8 Å². The molecule has 2 aromatic carbocycles. The molecule has 0 spiro atoms. The number of hydrogen-bond acceptors (Lipinski definition) is 4. The zero-order valence-electron chi connectivity index (χ0n) is 13.7. The fourth-order valence-corrected chi connectivity index (χ4v) is 4.84. The molecule has 24 heavy (non-hydrogen) atoms. The molecule has 128 valence electrons. The third-order valence-electron chi connectivity index (χ3n) is 4.28. The third kappa shape index (κ3) is 4.15. The van der Waals surface area contributed by atoms with Crippen LogP contribution in [0.5, 0.6) is 0 Å². The molecule has 0 saturated heterocycles. The zero-order chi connectivity index (χ0) is 17.7. The molecule has 0 aliphatic carbocycles. The molecule has 3 atom stereocenters. The van der Waals surface area contributed by atoms with E-state index in [1.54, 1.807) is 0 Å². The van der Waals surface area contributed by atoms with Crippen LogP contribution in [0.15, 0.2) is 47.4 Å². The first-order valence-corrected chi connectivity index (χ1v) is 9.91. The number of aliphatic hydroxyl groups is 1. The van der Waals surface area contributed by atoms with E-state index in [0.717, 1.165) is 15.7 Å². The minimum absolute atomic E-state index is 0.0459.